The van der Waals surface area contributed by atoms with E-state index in [9.17, 15) is 24.0 Å². The maximum Gasteiger partial charge on any atom is 0.408 e. The number of aromatic carboxylic acids is 1. The molecule has 0 spiro atoms. The number of anilines is 2. The Hall–Kier alpha value is -6.07. The Bertz CT molecular complexity index is 1670. The molecular formula is C26H29N11O7. The number of nitrogens with zero attached hydrogens (tertiary/aromatic N) is 8. The number of rotatable bonds is 8. The minimum absolute atomic E-state index is 0.0260. The topological polar surface area (TPSA) is 238 Å². The van der Waals surface area contributed by atoms with Crippen molar-refractivity contribution < 1.29 is 33.8 Å². The van der Waals surface area contributed by atoms with Crippen molar-refractivity contribution in [2.45, 2.75) is 26.4 Å². The fourth-order valence-corrected chi connectivity index (χ4v) is 3.09. The first-order chi connectivity index (χ1) is 20.7. The molecule has 0 saturated carbocycles. The third-order valence-corrected chi connectivity index (χ3v) is 4.99. The predicted molar refractivity (Wildman–Crippen MR) is 152 cm³/mol. The lowest BCUT2D eigenvalue weighted by molar-refractivity contribution is 0.0519. The lowest BCUT2D eigenvalue weighted by atomic mass is 10.2. The van der Waals surface area contributed by atoms with Gasteiger partial charge in [-0.3, -0.25) is 34.4 Å². The zero-order valence-electron chi connectivity index (χ0n) is 24.3. The van der Waals surface area contributed by atoms with Crippen molar-refractivity contribution in [3.05, 3.63) is 71.8 Å². The zero-order chi connectivity index (χ0) is 32.4. The third kappa shape index (κ3) is 10.1. The van der Waals surface area contributed by atoms with Gasteiger partial charge in [-0.2, -0.15) is 10.2 Å². The maximum absolute atomic E-state index is 12.1. The van der Waals surface area contributed by atoms with Gasteiger partial charge in [-0.15, -0.1) is 0 Å². The van der Waals surface area contributed by atoms with Gasteiger partial charge in [-0.05, 0) is 32.9 Å². The average Bonchev–Trinajstić information content (AvgIpc) is 3.60. The molecule has 4 N–H and O–H groups in total. The number of carboxylic acid groups (broad SMARTS) is 1. The van der Waals surface area contributed by atoms with Gasteiger partial charge in [0, 0.05) is 38.9 Å². The van der Waals surface area contributed by atoms with Crippen molar-refractivity contribution >= 4 is 41.6 Å². The van der Waals surface area contributed by atoms with Crippen LogP contribution in [0.2, 0.25) is 0 Å². The number of carbonyl (C=O) groups excluding carboxylic acids is 4. The van der Waals surface area contributed by atoms with Crippen LogP contribution in [-0.2, 0) is 18.8 Å². The van der Waals surface area contributed by atoms with Gasteiger partial charge in [0.15, 0.2) is 5.69 Å². The van der Waals surface area contributed by atoms with Gasteiger partial charge >= 0.3 is 12.1 Å². The van der Waals surface area contributed by atoms with Crippen molar-refractivity contribution in [1.29, 1.82) is 0 Å². The van der Waals surface area contributed by atoms with Crippen molar-refractivity contribution in [1.82, 2.24) is 44.8 Å². The van der Waals surface area contributed by atoms with Gasteiger partial charge in [-0.25, -0.2) is 29.5 Å². The third-order valence-electron chi connectivity index (χ3n) is 4.99. The zero-order valence-corrected chi connectivity index (χ0v) is 24.3. The number of amides is 3. The summed E-state index contributed by atoms with van der Waals surface area (Å²) in [5.74, 6) is -2.63. The second-order valence-electron chi connectivity index (χ2n) is 9.83. The number of nitrogens with one attached hydrogen (secondary N) is 3. The molecule has 4 heterocycles. The van der Waals surface area contributed by atoms with Crippen LogP contribution in [0.5, 0.6) is 0 Å². The number of hydrogen-bond donors (Lipinski definition) is 4. The first-order valence-corrected chi connectivity index (χ1v) is 12.7. The van der Waals surface area contributed by atoms with Crippen molar-refractivity contribution in [3.8, 4) is 0 Å². The number of carbonyl (C=O) groups is 5. The minimum Gasteiger partial charge on any atom is -0.477 e. The Morgan fingerprint density at radius 1 is 0.818 bits per heavy atom. The van der Waals surface area contributed by atoms with Crippen LogP contribution >= 0.6 is 0 Å². The van der Waals surface area contributed by atoms with Crippen LogP contribution in [0.4, 0.5) is 16.7 Å². The Morgan fingerprint density at radius 2 is 1.30 bits per heavy atom. The van der Waals surface area contributed by atoms with E-state index in [-0.39, 0.29) is 29.8 Å². The Labute approximate surface area is 249 Å². The molecular weight excluding hydrogens is 578 g/mol. The van der Waals surface area contributed by atoms with E-state index in [0.29, 0.717) is 11.1 Å². The number of hydrogen-bond acceptors (Lipinski definition) is 12. The first-order valence-electron chi connectivity index (χ1n) is 12.7. The molecule has 0 saturated heterocycles. The molecule has 0 atom stereocenters. The SMILES string of the molecule is Cn1cc(C(=O)Nc2nccc(C(=O)CNC(=O)OC(C)(C)C)n2)cn1.Cn1cc(C(=O)Nc2nccc(C(=O)O)n2)cn1. The number of carboxylic acids is 1. The summed E-state index contributed by atoms with van der Waals surface area (Å²) < 4.78 is 8.01. The van der Waals surface area contributed by atoms with Gasteiger partial charge in [-0.1, -0.05) is 0 Å². The molecule has 3 amide bonds. The number of ketones is 1. The lowest BCUT2D eigenvalue weighted by Gasteiger charge is -2.19. The number of aryl methyl sites for hydroxylation is 2. The van der Waals surface area contributed by atoms with Crippen LogP contribution in [0.15, 0.2) is 49.3 Å². The minimum atomic E-state index is -1.19. The molecule has 4 aromatic rings. The van der Waals surface area contributed by atoms with Gasteiger partial charge in [0.05, 0.1) is 30.1 Å². The van der Waals surface area contributed by atoms with E-state index in [0.717, 1.165) is 0 Å². The largest absolute Gasteiger partial charge is 0.477 e. The highest BCUT2D eigenvalue weighted by Crippen LogP contribution is 2.08. The van der Waals surface area contributed by atoms with Crippen LogP contribution in [0, 0.1) is 0 Å². The van der Waals surface area contributed by atoms with Crippen LogP contribution in [-0.4, -0.2) is 86.4 Å². The second kappa shape index (κ2) is 14.2. The second-order valence-corrected chi connectivity index (χ2v) is 9.83. The number of aromatic nitrogens is 8. The van der Waals surface area contributed by atoms with Crippen LogP contribution in [0.25, 0.3) is 0 Å². The normalized spacial score (nSPS) is 10.6. The Kier molecular flexibility index (Phi) is 10.5. The Balaban J connectivity index is 0.000000257. The summed E-state index contributed by atoms with van der Waals surface area (Å²) in [6.07, 6.45) is 7.74. The van der Waals surface area contributed by atoms with Crippen LogP contribution < -0.4 is 16.0 Å². The molecule has 18 nitrogen and oxygen atoms in total. The van der Waals surface area contributed by atoms with Crippen molar-refractivity contribution in [2.24, 2.45) is 14.1 Å². The molecule has 0 bridgehead atoms. The quantitative estimate of drug-likeness (QED) is 0.207. The average molecular weight is 608 g/mol. The van der Waals surface area contributed by atoms with Crippen LogP contribution in [0.1, 0.15) is 62.5 Å². The van der Waals surface area contributed by atoms with E-state index < -0.39 is 35.3 Å². The molecule has 0 fully saturated rings. The van der Waals surface area contributed by atoms with Gasteiger partial charge in [0.25, 0.3) is 11.8 Å². The molecule has 4 aromatic heterocycles. The summed E-state index contributed by atoms with van der Waals surface area (Å²) in [6.45, 7) is 4.87. The fourth-order valence-electron chi connectivity index (χ4n) is 3.09. The summed E-state index contributed by atoms with van der Waals surface area (Å²) in [4.78, 5) is 73.5. The summed E-state index contributed by atoms with van der Waals surface area (Å²) in [5.41, 5.74) is -0.128. The highest BCUT2D eigenvalue weighted by molar-refractivity contribution is 6.04. The van der Waals surface area contributed by atoms with E-state index in [4.69, 9.17) is 9.84 Å². The smallest absolute Gasteiger partial charge is 0.408 e. The summed E-state index contributed by atoms with van der Waals surface area (Å²) >= 11 is 0. The molecule has 0 unspecified atom stereocenters. The van der Waals surface area contributed by atoms with Gasteiger partial charge in [0.2, 0.25) is 17.7 Å². The van der Waals surface area contributed by atoms with Gasteiger partial charge in [0.1, 0.15) is 11.3 Å². The maximum atomic E-state index is 12.1. The molecule has 0 aliphatic carbocycles. The first kappa shape index (κ1) is 32.4. The molecule has 0 radical (unpaired) electrons. The molecule has 0 aliphatic heterocycles. The lowest BCUT2D eigenvalue weighted by Crippen LogP contribution is -2.35. The fraction of sp³-hybridized carbons (Fsp3) is 0.269. The van der Waals surface area contributed by atoms with Crippen molar-refractivity contribution in [3.63, 3.8) is 0 Å². The molecule has 230 valence electrons. The summed E-state index contributed by atoms with van der Waals surface area (Å²) in [5, 5.41) is 23.7. The van der Waals surface area contributed by atoms with E-state index in [1.165, 1.54) is 58.7 Å². The standard InChI is InChI=1S/C16H20N6O4.C10H9N5O3/c1-16(2,3)26-15(25)18-8-12(23)11-5-6-17-14(20-11)21-13(24)10-7-19-22(4)9-10;1-15-5-6(4-12-15)8(16)14-10-11-3-2-7(13-10)9(17)18/h5-7,9H,8H2,1-4H3,(H,18,25)(H,17,20,21,24);2-5H,1H3,(H,17,18)(H,11,13,14,16). The van der Waals surface area contributed by atoms with Crippen molar-refractivity contribution in [2.75, 3.05) is 17.2 Å². The Morgan fingerprint density at radius 3 is 1.73 bits per heavy atom. The predicted octanol–water partition coefficient (Wildman–Crippen LogP) is 1.33. The van der Waals surface area contributed by atoms with E-state index in [2.05, 4.69) is 46.1 Å². The number of ether oxygens (including phenoxy) is 1. The van der Waals surface area contributed by atoms with E-state index in [1.807, 2.05) is 0 Å². The highest BCUT2D eigenvalue weighted by Gasteiger charge is 2.18. The summed E-state index contributed by atoms with van der Waals surface area (Å²) in [6, 6.07) is 2.63. The molecule has 4 rings (SSSR count). The molecule has 18 heteroatoms. The van der Waals surface area contributed by atoms with E-state index >= 15 is 0 Å². The van der Waals surface area contributed by atoms with Gasteiger partial charge < -0.3 is 15.2 Å². The number of alkyl carbamates (subject to hydrolysis) is 1. The molecule has 0 aromatic carbocycles. The molecule has 44 heavy (non-hydrogen) atoms. The highest BCUT2D eigenvalue weighted by atomic mass is 16.6. The number of Topliss-reactive ketones (excluding diaryl/α,β-unsaturated/α-hetero) is 1. The molecule has 0 aliphatic rings. The van der Waals surface area contributed by atoms with E-state index in [1.54, 1.807) is 34.9 Å². The van der Waals surface area contributed by atoms with Crippen LogP contribution in [0.3, 0.4) is 0 Å². The summed E-state index contributed by atoms with van der Waals surface area (Å²) in [7, 11) is 3.36. The monoisotopic (exact) mass is 607 g/mol.